The molecule has 0 radical (unpaired) electrons. The monoisotopic (exact) mass is 733 g/mol. The van der Waals surface area contributed by atoms with Gasteiger partial charge in [-0.3, -0.25) is 0 Å². The SMILES string of the molecule is N#C/C(=C1/N=c2ccc(-c3nc(/C(C#N)=C4/N=c5cc(F)cc(F)c5=N4)nc(-c4cc(F)cc(F)c4)n3)c(C#N)c2=N1)c1c(F)c(F)c(C#N)c(F)c1F. The van der Waals surface area contributed by atoms with Crippen molar-refractivity contribution in [3.63, 3.8) is 0 Å². The first kappa shape index (κ1) is 34.4. The summed E-state index contributed by atoms with van der Waals surface area (Å²) < 4.78 is 116. The molecule has 0 bridgehead atoms. The normalized spacial score (nSPS) is 14.1. The van der Waals surface area contributed by atoms with Gasteiger partial charge >= 0.3 is 0 Å². The number of halogens is 8. The molecule has 0 amide bonds. The van der Waals surface area contributed by atoms with Crippen molar-refractivity contribution in [2.75, 3.05) is 0 Å². The molecule has 4 aromatic carbocycles. The van der Waals surface area contributed by atoms with Crippen LogP contribution in [-0.2, 0) is 0 Å². The summed E-state index contributed by atoms with van der Waals surface area (Å²) in [6, 6.07) is 11.9. The Morgan fingerprint density at radius 3 is 1.72 bits per heavy atom. The molecule has 0 saturated carbocycles. The lowest BCUT2D eigenvalue weighted by atomic mass is 10.0. The lowest BCUT2D eigenvalue weighted by Crippen LogP contribution is -2.25. The molecular weight excluding hydrogens is 726 g/mol. The van der Waals surface area contributed by atoms with Crippen LogP contribution in [0, 0.1) is 91.9 Å². The van der Waals surface area contributed by atoms with Gasteiger partial charge in [0.05, 0.1) is 21.8 Å². The number of hydrogen-bond acceptors (Lipinski definition) is 11. The van der Waals surface area contributed by atoms with Crippen molar-refractivity contribution in [3.8, 4) is 47.1 Å². The van der Waals surface area contributed by atoms with Crippen molar-refractivity contribution in [1.82, 2.24) is 15.0 Å². The zero-order valence-corrected chi connectivity index (χ0v) is 26.0. The van der Waals surface area contributed by atoms with Crippen molar-refractivity contribution < 1.29 is 35.1 Å². The number of nitrogens with zero attached hydrogens (tertiary/aromatic N) is 11. The molecule has 3 heterocycles. The van der Waals surface area contributed by atoms with Crippen molar-refractivity contribution in [2.24, 2.45) is 20.0 Å². The molecular formula is C35H7F8N11. The Labute approximate surface area is 293 Å². The van der Waals surface area contributed by atoms with Crippen molar-refractivity contribution in [2.45, 2.75) is 0 Å². The number of allylic oxidation sites excluding steroid dienone is 2. The van der Waals surface area contributed by atoms with Crippen LogP contribution in [0.2, 0.25) is 0 Å². The largest absolute Gasteiger partial charge is 0.226 e. The van der Waals surface area contributed by atoms with Gasteiger partial charge in [-0.05, 0) is 24.3 Å². The third-order valence-electron chi connectivity index (χ3n) is 7.68. The Morgan fingerprint density at radius 2 is 1.09 bits per heavy atom. The summed E-state index contributed by atoms with van der Waals surface area (Å²) in [5.74, 6) is -15.3. The van der Waals surface area contributed by atoms with E-state index in [1.165, 1.54) is 18.2 Å². The summed E-state index contributed by atoms with van der Waals surface area (Å²) in [5, 5.41) is 37.9. The van der Waals surface area contributed by atoms with E-state index in [9.17, 15) is 50.9 Å². The smallest absolute Gasteiger partial charge is 0.180 e. The predicted molar refractivity (Wildman–Crippen MR) is 162 cm³/mol. The molecule has 7 rings (SSSR count). The zero-order valence-electron chi connectivity index (χ0n) is 26.0. The van der Waals surface area contributed by atoms with Crippen LogP contribution in [0.15, 0.2) is 74.1 Å². The van der Waals surface area contributed by atoms with E-state index in [0.717, 1.165) is 24.3 Å². The fourth-order valence-electron chi connectivity index (χ4n) is 5.33. The topological polar surface area (TPSA) is 183 Å². The third-order valence-corrected chi connectivity index (χ3v) is 7.68. The van der Waals surface area contributed by atoms with Gasteiger partial charge in [0.2, 0.25) is 0 Å². The molecule has 0 saturated heterocycles. The average Bonchev–Trinajstić information content (AvgIpc) is 3.77. The molecule has 0 fully saturated rings. The van der Waals surface area contributed by atoms with Gasteiger partial charge in [-0.2, -0.15) is 21.0 Å². The van der Waals surface area contributed by atoms with Gasteiger partial charge in [0.25, 0.3) is 0 Å². The van der Waals surface area contributed by atoms with Gasteiger partial charge in [0, 0.05) is 29.3 Å². The summed E-state index contributed by atoms with van der Waals surface area (Å²) in [7, 11) is 0. The molecule has 2 aliphatic heterocycles. The van der Waals surface area contributed by atoms with Gasteiger partial charge in [0.1, 0.15) is 69.2 Å². The molecule has 1 aromatic heterocycles. The molecule has 11 nitrogen and oxygen atoms in total. The van der Waals surface area contributed by atoms with E-state index in [-0.39, 0.29) is 27.2 Å². The third kappa shape index (κ3) is 5.55. The molecule has 0 unspecified atom stereocenters. The predicted octanol–water partition coefficient (Wildman–Crippen LogP) is 4.35. The Hall–Kier alpha value is -8.03. The van der Waals surface area contributed by atoms with E-state index in [1.807, 2.05) is 6.07 Å². The summed E-state index contributed by atoms with van der Waals surface area (Å²) in [4.78, 5) is 28.5. The van der Waals surface area contributed by atoms with Crippen LogP contribution in [0.1, 0.15) is 22.5 Å². The lowest BCUT2D eigenvalue weighted by molar-refractivity contribution is 0.446. The number of rotatable bonds is 4. The van der Waals surface area contributed by atoms with Crippen LogP contribution >= 0.6 is 0 Å². The standard InChI is InChI=1S/C35H7F8N11/c36-13-3-12(4-14(37)5-13)31-52-32(54-35(53-31)20(11-47)34-49-23-7-15(38)6-21(39)30(23)51-34)16-1-2-22-29(17(16)8-44)50-33(48-22)18(9-45)24-27(42)25(40)19(10-46)26(41)28(24)43/h1-7H/b33-18+,34-20-. The van der Waals surface area contributed by atoms with Crippen molar-refractivity contribution in [3.05, 3.63) is 145 Å². The highest BCUT2D eigenvalue weighted by molar-refractivity contribution is 5.81. The van der Waals surface area contributed by atoms with Crippen LogP contribution in [0.5, 0.6) is 0 Å². The number of aromatic nitrogens is 3. The maximum Gasteiger partial charge on any atom is 0.180 e. The maximum absolute atomic E-state index is 14.9. The van der Waals surface area contributed by atoms with E-state index in [1.54, 1.807) is 6.07 Å². The minimum atomic E-state index is -2.09. The second kappa shape index (κ2) is 12.9. The Bertz CT molecular complexity index is 3050. The Balaban J connectivity index is 1.48. The van der Waals surface area contributed by atoms with E-state index < -0.39 is 109 Å². The van der Waals surface area contributed by atoms with Crippen LogP contribution < -0.4 is 21.4 Å². The van der Waals surface area contributed by atoms with Crippen LogP contribution in [0.25, 0.3) is 33.9 Å². The molecule has 258 valence electrons. The first-order chi connectivity index (χ1) is 25.9. The minimum Gasteiger partial charge on any atom is -0.226 e. The number of hydrogen-bond donors (Lipinski definition) is 0. The Morgan fingerprint density at radius 1 is 0.519 bits per heavy atom. The molecule has 19 heteroatoms. The molecule has 54 heavy (non-hydrogen) atoms. The lowest BCUT2D eigenvalue weighted by Gasteiger charge is -2.09. The summed E-state index contributed by atoms with van der Waals surface area (Å²) in [5.41, 5.74) is -5.71. The van der Waals surface area contributed by atoms with E-state index in [2.05, 4.69) is 34.9 Å². The van der Waals surface area contributed by atoms with Gasteiger partial charge in [0.15, 0.2) is 58.2 Å². The highest BCUT2D eigenvalue weighted by Gasteiger charge is 2.30. The number of nitriles is 4. The average molecular weight is 734 g/mol. The fourth-order valence-corrected chi connectivity index (χ4v) is 5.33. The zero-order chi connectivity index (χ0) is 38.6. The summed E-state index contributed by atoms with van der Waals surface area (Å²) >= 11 is 0. The fraction of sp³-hybridized carbons (Fsp3) is 0. The molecule has 0 N–H and O–H groups in total. The molecule has 0 aliphatic carbocycles. The highest BCUT2D eigenvalue weighted by Crippen LogP contribution is 2.32. The molecule has 2 aliphatic rings. The van der Waals surface area contributed by atoms with Crippen LogP contribution in [0.4, 0.5) is 35.1 Å². The highest BCUT2D eigenvalue weighted by atomic mass is 19.2. The summed E-state index contributed by atoms with van der Waals surface area (Å²) in [6.07, 6.45) is 0. The van der Waals surface area contributed by atoms with Crippen LogP contribution in [0.3, 0.4) is 0 Å². The van der Waals surface area contributed by atoms with Crippen molar-refractivity contribution >= 4 is 11.1 Å². The molecule has 0 atom stereocenters. The van der Waals surface area contributed by atoms with Gasteiger partial charge in [-0.25, -0.2) is 70.0 Å². The summed E-state index contributed by atoms with van der Waals surface area (Å²) in [6.45, 7) is 0. The maximum atomic E-state index is 14.9. The number of benzene rings is 4. The van der Waals surface area contributed by atoms with Crippen molar-refractivity contribution in [1.29, 1.82) is 21.0 Å². The molecule has 5 aromatic rings. The quantitative estimate of drug-likeness (QED) is 0.149. The molecule has 0 spiro atoms. The van der Waals surface area contributed by atoms with E-state index >= 15 is 0 Å². The van der Waals surface area contributed by atoms with Gasteiger partial charge in [-0.15, -0.1) is 0 Å². The van der Waals surface area contributed by atoms with Crippen LogP contribution in [-0.4, -0.2) is 15.0 Å². The van der Waals surface area contributed by atoms with E-state index in [4.69, 9.17) is 5.26 Å². The second-order valence-corrected chi connectivity index (χ2v) is 10.9. The minimum absolute atomic E-state index is 0.189. The second-order valence-electron chi connectivity index (χ2n) is 10.9. The number of fused-ring (bicyclic) bond motifs is 2. The van der Waals surface area contributed by atoms with E-state index in [0.29, 0.717) is 12.1 Å². The first-order valence-electron chi connectivity index (χ1n) is 14.6. The Kier molecular flexibility index (Phi) is 8.25. The van der Waals surface area contributed by atoms with Gasteiger partial charge < -0.3 is 0 Å². The van der Waals surface area contributed by atoms with Gasteiger partial charge in [-0.1, -0.05) is 0 Å². The first-order valence-corrected chi connectivity index (χ1v) is 14.6.